The number of nitrogens with zero attached hydrogens (tertiary/aromatic N) is 1. The first kappa shape index (κ1) is 23.6. The number of benzene rings is 3. The monoisotopic (exact) mass is 510 g/mol. The largest absolute Gasteiger partial charge is 0.493 e. The van der Waals surface area contributed by atoms with Gasteiger partial charge in [0.2, 0.25) is 5.75 Å². The molecule has 1 heterocycles. The third kappa shape index (κ3) is 5.88. The predicted octanol–water partition coefficient (Wildman–Crippen LogP) is 5.43. The molecule has 3 aromatic rings. The van der Waals surface area contributed by atoms with E-state index in [1.54, 1.807) is 14.2 Å². The van der Waals surface area contributed by atoms with Crippen LogP contribution < -0.4 is 19.5 Å². The summed E-state index contributed by atoms with van der Waals surface area (Å²) < 4.78 is 18.8. The Bertz CT molecular complexity index is 1010. The molecule has 5 nitrogen and oxygen atoms in total. The van der Waals surface area contributed by atoms with Crippen molar-refractivity contribution in [2.75, 3.05) is 40.4 Å². The fourth-order valence-electron chi connectivity index (χ4n) is 4.35. The number of ether oxygens (including phenoxy) is 3. The van der Waals surface area contributed by atoms with Gasteiger partial charge in [0, 0.05) is 24.1 Å². The predicted molar refractivity (Wildman–Crippen MR) is 135 cm³/mol. The second kappa shape index (κ2) is 11.5. The van der Waals surface area contributed by atoms with Crippen LogP contribution in [-0.4, -0.2) is 45.3 Å². The van der Waals surface area contributed by atoms with Crippen molar-refractivity contribution < 1.29 is 14.2 Å². The summed E-state index contributed by atoms with van der Waals surface area (Å²) in [5, 5.41) is 3.51. The summed E-state index contributed by atoms with van der Waals surface area (Å²) in [5.74, 6) is 1.97. The normalized spacial score (nSPS) is 15.5. The van der Waals surface area contributed by atoms with Crippen LogP contribution in [0.3, 0.4) is 0 Å². The molecule has 174 valence electrons. The molecule has 0 saturated carbocycles. The molecule has 1 fully saturated rings. The molecular formula is C27H31BrN2O3. The van der Waals surface area contributed by atoms with Crippen molar-refractivity contribution >= 4 is 15.9 Å². The summed E-state index contributed by atoms with van der Waals surface area (Å²) in [6.45, 7) is 4.44. The van der Waals surface area contributed by atoms with Crippen LogP contribution in [0.15, 0.2) is 71.2 Å². The van der Waals surface area contributed by atoms with Gasteiger partial charge in [-0.25, -0.2) is 0 Å². The van der Waals surface area contributed by atoms with Crippen molar-refractivity contribution in [2.45, 2.75) is 19.1 Å². The van der Waals surface area contributed by atoms with E-state index in [4.69, 9.17) is 14.2 Å². The Morgan fingerprint density at radius 1 is 0.879 bits per heavy atom. The summed E-state index contributed by atoms with van der Waals surface area (Å²) in [6, 6.07) is 22.9. The van der Waals surface area contributed by atoms with Gasteiger partial charge in [0.05, 0.1) is 20.3 Å². The lowest BCUT2D eigenvalue weighted by Gasteiger charge is -2.32. The van der Waals surface area contributed by atoms with Gasteiger partial charge in [0.1, 0.15) is 6.61 Å². The SMILES string of the molecule is COc1cc(C(c2cccc(Br)c2)N2CCCNCC2)cc(OC)c1OCc1ccccc1. The lowest BCUT2D eigenvalue weighted by atomic mass is 9.96. The molecule has 0 aromatic heterocycles. The number of nitrogens with one attached hydrogen (secondary N) is 1. The molecular weight excluding hydrogens is 480 g/mol. The van der Waals surface area contributed by atoms with Crippen LogP contribution in [0.4, 0.5) is 0 Å². The van der Waals surface area contributed by atoms with E-state index in [9.17, 15) is 0 Å². The maximum atomic E-state index is 6.18. The maximum absolute atomic E-state index is 6.18. The highest BCUT2D eigenvalue weighted by atomic mass is 79.9. The van der Waals surface area contributed by atoms with Crippen LogP contribution in [0.2, 0.25) is 0 Å². The van der Waals surface area contributed by atoms with Crippen molar-refractivity contribution in [3.63, 3.8) is 0 Å². The molecule has 33 heavy (non-hydrogen) atoms. The summed E-state index contributed by atoms with van der Waals surface area (Å²) in [5.41, 5.74) is 3.44. The van der Waals surface area contributed by atoms with E-state index < -0.39 is 0 Å². The molecule has 3 aromatic carbocycles. The highest BCUT2D eigenvalue weighted by Crippen LogP contribution is 2.43. The topological polar surface area (TPSA) is 43.0 Å². The Hall–Kier alpha value is -2.54. The van der Waals surface area contributed by atoms with E-state index in [2.05, 4.69) is 62.5 Å². The van der Waals surface area contributed by atoms with Crippen molar-refractivity contribution in [1.29, 1.82) is 0 Å². The van der Waals surface area contributed by atoms with E-state index >= 15 is 0 Å². The van der Waals surface area contributed by atoms with Crippen LogP contribution in [0.1, 0.15) is 29.2 Å². The molecule has 0 amide bonds. The van der Waals surface area contributed by atoms with Gasteiger partial charge in [-0.1, -0.05) is 58.4 Å². The fraction of sp³-hybridized carbons (Fsp3) is 0.333. The minimum absolute atomic E-state index is 0.0772. The summed E-state index contributed by atoms with van der Waals surface area (Å²) in [7, 11) is 3.36. The van der Waals surface area contributed by atoms with Crippen molar-refractivity contribution in [1.82, 2.24) is 10.2 Å². The molecule has 1 atom stereocenters. The average molecular weight is 511 g/mol. The van der Waals surface area contributed by atoms with Gasteiger partial charge in [0.25, 0.3) is 0 Å². The Labute approximate surface area is 204 Å². The lowest BCUT2D eigenvalue weighted by molar-refractivity contribution is 0.237. The quantitative estimate of drug-likeness (QED) is 0.437. The molecule has 1 saturated heterocycles. The number of methoxy groups -OCH3 is 2. The first-order valence-electron chi connectivity index (χ1n) is 11.3. The summed E-state index contributed by atoms with van der Waals surface area (Å²) in [4.78, 5) is 2.53. The molecule has 0 bridgehead atoms. The highest BCUT2D eigenvalue weighted by molar-refractivity contribution is 9.10. The van der Waals surface area contributed by atoms with Crippen LogP contribution in [0.25, 0.3) is 0 Å². The van der Waals surface area contributed by atoms with Gasteiger partial charge in [-0.15, -0.1) is 0 Å². The Kier molecular flexibility index (Phi) is 8.26. The Morgan fingerprint density at radius 3 is 2.33 bits per heavy atom. The van der Waals surface area contributed by atoms with E-state index in [-0.39, 0.29) is 6.04 Å². The van der Waals surface area contributed by atoms with Crippen molar-refractivity contribution in [3.05, 3.63) is 87.9 Å². The van der Waals surface area contributed by atoms with Crippen LogP contribution >= 0.6 is 15.9 Å². The molecule has 6 heteroatoms. The van der Waals surface area contributed by atoms with Gasteiger partial charge in [-0.2, -0.15) is 0 Å². The molecule has 1 N–H and O–H groups in total. The third-order valence-corrected chi connectivity index (χ3v) is 6.42. The maximum Gasteiger partial charge on any atom is 0.203 e. The van der Waals surface area contributed by atoms with E-state index in [1.807, 2.05) is 30.3 Å². The van der Waals surface area contributed by atoms with Crippen molar-refractivity contribution in [2.24, 2.45) is 0 Å². The first-order valence-corrected chi connectivity index (χ1v) is 12.1. The molecule has 0 spiro atoms. The second-order valence-electron chi connectivity index (χ2n) is 8.13. The lowest BCUT2D eigenvalue weighted by Crippen LogP contribution is -2.33. The summed E-state index contributed by atoms with van der Waals surface area (Å²) >= 11 is 3.65. The zero-order chi connectivity index (χ0) is 23.0. The van der Waals surface area contributed by atoms with Gasteiger partial charge in [-0.05, 0) is 53.9 Å². The Morgan fingerprint density at radius 2 is 1.64 bits per heavy atom. The van der Waals surface area contributed by atoms with E-state index in [0.29, 0.717) is 23.9 Å². The number of hydrogen-bond acceptors (Lipinski definition) is 5. The number of rotatable bonds is 8. The molecule has 0 aliphatic carbocycles. The van der Waals surface area contributed by atoms with Crippen LogP contribution in [0.5, 0.6) is 17.2 Å². The Balaban J connectivity index is 1.73. The molecule has 4 rings (SSSR count). The number of halogens is 1. The van der Waals surface area contributed by atoms with Gasteiger partial charge in [-0.3, -0.25) is 4.90 Å². The van der Waals surface area contributed by atoms with Gasteiger partial charge < -0.3 is 19.5 Å². The second-order valence-corrected chi connectivity index (χ2v) is 9.04. The van der Waals surface area contributed by atoms with Crippen LogP contribution in [0, 0.1) is 0 Å². The van der Waals surface area contributed by atoms with Crippen molar-refractivity contribution in [3.8, 4) is 17.2 Å². The first-order chi connectivity index (χ1) is 16.2. The molecule has 0 radical (unpaired) electrons. The fourth-order valence-corrected chi connectivity index (χ4v) is 4.76. The summed E-state index contributed by atoms with van der Waals surface area (Å²) in [6.07, 6.45) is 1.11. The minimum Gasteiger partial charge on any atom is -0.493 e. The smallest absolute Gasteiger partial charge is 0.203 e. The highest BCUT2D eigenvalue weighted by Gasteiger charge is 2.26. The van der Waals surface area contributed by atoms with Gasteiger partial charge in [0.15, 0.2) is 11.5 Å². The molecule has 1 aliphatic heterocycles. The molecule has 1 unspecified atom stereocenters. The van der Waals surface area contributed by atoms with Gasteiger partial charge >= 0.3 is 0 Å². The standard InChI is InChI=1S/C27H31BrN2O3/c1-31-24-17-22(18-25(32-2)27(24)33-19-20-8-4-3-5-9-20)26(21-10-6-11-23(28)16-21)30-14-7-12-29-13-15-30/h3-6,8-11,16-18,26,29H,7,12-15,19H2,1-2H3. The molecule has 1 aliphatic rings. The zero-order valence-corrected chi connectivity index (χ0v) is 20.8. The minimum atomic E-state index is 0.0772. The van der Waals surface area contributed by atoms with E-state index in [1.165, 1.54) is 5.56 Å². The van der Waals surface area contributed by atoms with E-state index in [0.717, 1.165) is 48.2 Å². The van der Waals surface area contributed by atoms with Crippen LogP contribution in [-0.2, 0) is 6.61 Å². The zero-order valence-electron chi connectivity index (χ0n) is 19.2. The number of hydrogen-bond donors (Lipinski definition) is 1. The average Bonchev–Trinajstić information content (AvgIpc) is 3.13. The third-order valence-electron chi connectivity index (χ3n) is 5.93.